The zero-order valence-electron chi connectivity index (χ0n) is 17.3. The van der Waals surface area contributed by atoms with Crippen LogP contribution in [0, 0.1) is 6.92 Å². The van der Waals surface area contributed by atoms with Crippen LogP contribution in [0.4, 0.5) is 0 Å². The largest absolute Gasteiger partial charge is 0.492 e. The molecule has 30 heavy (non-hydrogen) atoms. The minimum atomic E-state index is -0.0451. The number of hydrogen-bond acceptors (Lipinski definition) is 4. The number of aromatic nitrogens is 1. The normalized spacial score (nSPS) is 15.6. The summed E-state index contributed by atoms with van der Waals surface area (Å²) in [5.74, 6) is 0.867. The first-order valence-electron chi connectivity index (χ1n) is 9.99. The fourth-order valence-corrected chi connectivity index (χ4v) is 4.81. The number of amides is 1. The molecule has 0 atom stereocenters. The molecule has 4 nitrogen and oxygen atoms in total. The van der Waals surface area contributed by atoms with Gasteiger partial charge in [0.1, 0.15) is 16.7 Å². The Labute approximate surface area is 186 Å². The molecule has 0 bridgehead atoms. The molecule has 1 fully saturated rings. The van der Waals surface area contributed by atoms with Gasteiger partial charge in [0.15, 0.2) is 0 Å². The third-order valence-electron chi connectivity index (χ3n) is 5.21. The smallest absolute Gasteiger partial charge is 0.265 e. The van der Waals surface area contributed by atoms with Crippen LogP contribution in [0.2, 0.25) is 0 Å². The van der Waals surface area contributed by atoms with Crippen molar-refractivity contribution in [1.29, 1.82) is 0 Å². The molecule has 1 amide bonds. The van der Waals surface area contributed by atoms with Gasteiger partial charge in [0.25, 0.3) is 5.91 Å². The number of likely N-dealkylation sites (N-methyl/N-ethyl adjacent to an activating group) is 1. The summed E-state index contributed by atoms with van der Waals surface area (Å²) in [6, 6.07) is 14.6. The number of carbonyl (C=O) groups excluding carboxylic acids is 1. The Hall–Kier alpha value is -2.57. The fraction of sp³-hybridized carbons (Fsp3) is 0.250. The minimum absolute atomic E-state index is 0.0451. The summed E-state index contributed by atoms with van der Waals surface area (Å²) in [5, 5.41) is 1.11. The predicted octanol–water partition coefficient (Wildman–Crippen LogP) is 5.42. The van der Waals surface area contributed by atoms with E-state index >= 15 is 0 Å². The molecule has 0 radical (unpaired) electrons. The van der Waals surface area contributed by atoms with Gasteiger partial charge in [0.2, 0.25) is 0 Å². The molecule has 6 heteroatoms. The zero-order chi connectivity index (χ0) is 21.3. The molecule has 3 aromatic rings. The second-order valence-corrected chi connectivity index (χ2v) is 9.07. The first kappa shape index (κ1) is 20.7. The molecule has 4 rings (SSSR count). The van der Waals surface area contributed by atoms with Crippen molar-refractivity contribution in [2.24, 2.45) is 0 Å². The summed E-state index contributed by atoms with van der Waals surface area (Å²) in [5.41, 5.74) is 4.64. The first-order valence-corrected chi connectivity index (χ1v) is 11.2. The van der Waals surface area contributed by atoms with Gasteiger partial charge in [-0.2, -0.15) is 0 Å². The number of para-hydroxylation sites is 1. The second-order valence-electron chi connectivity index (χ2n) is 7.39. The molecule has 2 aromatic carbocycles. The number of ether oxygens (including phenoxy) is 1. The molecule has 0 saturated carbocycles. The fourth-order valence-electron chi connectivity index (χ4n) is 3.64. The molecule has 1 aromatic heterocycles. The number of thioether (sulfide) groups is 1. The highest BCUT2D eigenvalue weighted by molar-refractivity contribution is 8.26. The van der Waals surface area contributed by atoms with Crippen LogP contribution in [0.5, 0.6) is 5.75 Å². The van der Waals surface area contributed by atoms with Crippen molar-refractivity contribution < 1.29 is 9.53 Å². The Morgan fingerprint density at radius 1 is 1.20 bits per heavy atom. The summed E-state index contributed by atoms with van der Waals surface area (Å²) in [6.45, 7) is 5.54. The number of fused-ring (bicyclic) bond motifs is 1. The topological polar surface area (TPSA) is 34.5 Å². The van der Waals surface area contributed by atoms with Crippen molar-refractivity contribution >= 4 is 51.2 Å². The van der Waals surface area contributed by atoms with E-state index in [4.69, 9.17) is 17.0 Å². The zero-order valence-corrected chi connectivity index (χ0v) is 19.0. The van der Waals surface area contributed by atoms with E-state index in [1.165, 1.54) is 27.8 Å². The van der Waals surface area contributed by atoms with Crippen molar-refractivity contribution in [2.75, 3.05) is 13.7 Å². The highest BCUT2D eigenvalue weighted by atomic mass is 32.2. The van der Waals surface area contributed by atoms with Crippen LogP contribution < -0.4 is 4.74 Å². The van der Waals surface area contributed by atoms with Crippen molar-refractivity contribution in [3.8, 4) is 5.75 Å². The Balaban J connectivity index is 1.56. The lowest BCUT2D eigenvalue weighted by Gasteiger charge is -2.10. The predicted molar refractivity (Wildman–Crippen MR) is 129 cm³/mol. The highest BCUT2D eigenvalue weighted by Crippen LogP contribution is 2.33. The SMILES string of the molecule is CCc1cc(C)cc(OCCn2cc(/C=C3/SC(=S)N(C)C3=O)c3ccccc32)c1. The lowest BCUT2D eigenvalue weighted by Crippen LogP contribution is -2.22. The van der Waals surface area contributed by atoms with Crippen LogP contribution in [-0.4, -0.2) is 33.3 Å². The number of aryl methyl sites for hydroxylation is 2. The van der Waals surface area contributed by atoms with Gasteiger partial charge in [-0.3, -0.25) is 9.69 Å². The summed E-state index contributed by atoms with van der Waals surface area (Å²) in [4.78, 5) is 14.6. The number of carbonyl (C=O) groups is 1. The van der Waals surface area contributed by atoms with E-state index in [2.05, 4.69) is 54.9 Å². The van der Waals surface area contributed by atoms with Gasteiger partial charge >= 0.3 is 0 Å². The Bertz CT molecular complexity index is 1160. The van der Waals surface area contributed by atoms with Crippen LogP contribution in [0.15, 0.2) is 53.6 Å². The molecule has 0 spiro atoms. The number of rotatable bonds is 6. The van der Waals surface area contributed by atoms with E-state index in [9.17, 15) is 4.79 Å². The van der Waals surface area contributed by atoms with Crippen LogP contribution in [0.25, 0.3) is 17.0 Å². The molecule has 2 heterocycles. The molecule has 1 aliphatic rings. The molecule has 0 aliphatic carbocycles. The lowest BCUT2D eigenvalue weighted by molar-refractivity contribution is -0.121. The summed E-state index contributed by atoms with van der Waals surface area (Å²) in [6.07, 6.45) is 5.02. The standard InChI is InChI=1S/C24H24N2O2S2/c1-4-17-11-16(2)12-19(13-17)28-10-9-26-15-18(20-7-5-6-8-21(20)26)14-22-23(27)25(3)24(29)30-22/h5-8,11-15H,4,9-10H2,1-3H3/b22-14+. The maximum absolute atomic E-state index is 12.4. The van der Waals surface area contributed by atoms with Gasteiger partial charge < -0.3 is 9.30 Å². The van der Waals surface area contributed by atoms with Crippen molar-refractivity contribution in [3.05, 3.63) is 70.3 Å². The molecule has 0 N–H and O–H groups in total. The maximum Gasteiger partial charge on any atom is 0.265 e. The molecule has 0 unspecified atom stereocenters. The van der Waals surface area contributed by atoms with Crippen LogP contribution in [-0.2, 0) is 17.8 Å². The van der Waals surface area contributed by atoms with Gasteiger partial charge in [-0.15, -0.1) is 0 Å². The van der Waals surface area contributed by atoms with Crippen molar-refractivity contribution in [2.45, 2.75) is 26.8 Å². The highest BCUT2D eigenvalue weighted by Gasteiger charge is 2.29. The van der Waals surface area contributed by atoms with Gasteiger partial charge in [-0.25, -0.2) is 0 Å². The third-order valence-corrected chi connectivity index (χ3v) is 6.70. The van der Waals surface area contributed by atoms with Crippen LogP contribution in [0.3, 0.4) is 0 Å². The monoisotopic (exact) mass is 436 g/mol. The number of nitrogens with zero attached hydrogens (tertiary/aromatic N) is 2. The Kier molecular flexibility index (Phi) is 5.97. The lowest BCUT2D eigenvalue weighted by atomic mass is 10.1. The Morgan fingerprint density at radius 3 is 2.73 bits per heavy atom. The van der Waals surface area contributed by atoms with Gasteiger partial charge in [-0.1, -0.05) is 55.2 Å². The number of hydrogen-bond donors (Lipinski definition) is 0. The number of benzene rings is 2. The van der Waals surface area contributed by atoms with E-state index in [1.807, 2.05) is 18.2 Å². The maximum atomic E-state index is 12.4. The summed E-state index contributed by atoms with van der Waals surface area (Å²) in [7, 11) is 1.72. The minimum Gasteiger partial charge on any atom is -0.492 e. The van der Waals surface area contributed by atoms with E-state index in [0.29, 0.717) is 15.8 Å². The number of thiocarbonyl (C=S) groups is 1. The summed E-state index contributed by atoms with van der Waals surface area (Å²) >= 11 is 6.60. The second kappa shape index (κ2) is 8.66. The average molecular weight is 437 g/mol. The molecule has 154 valence electrons. The van der Waals surface area contributed by atoms with Crippen molar-refractivity contribution in [1.82, 2.24) is 9.47 Å². The van der Waals surface area contributed by atoms with E-state index in [0.717, 1.165) is 35.2 Å². The molecular formula is C24H24N2O2S2. The van der Waals surface area contributed by atoms with Gasteiger partial charge in [0, 0.05) is 29.7 Å². The average Bonchev–Trinajstić information content (AvgIpc) is 3.20. The Morgan fingerprint density at radius 2 is 2.00 bits per heavy atom. The van der Waals surface area contributed by atoms with E-state index < -0.39 is 0 Å². The summed E-state index contributed by atoms with van der Waals surface area (Å²) < 4.78 is 8.83. The molecular weight excluding hydrogens is 412 g/mol. The quantitative estimate of drug-likeness (QED) is 0.382. The van der Waals surface area contributed by atoms with E-state index in [-0.39, 0.29) is 5.91 Å². The van der Waals surface area contributed by atoms with Gasteiger partial charge in [-0.05, 0) is 48.7 Å². The van der Waals surface area contributed by atoms with Crippen LogP contribution >= 0.6 is 24.0 Å². The van der Waals surface area contributed by atoms with Crippen molar-refractivity contribution in [3.63, 3.8) is 0 Å². The third kappa shape index (κ3) is 4.16. The molecule has 1 saturated heterocycles. The molecule has 1 aliphatic heterocycles. The van der Waals surface area contributed by atoms with Gasteiger partial charge in [0.05, 0.1) is 11.4 Å². The van der Waals surface area contributed by atoms with Crippen LogP contribution in [0.1, 0.15) is 23.6 Å². The first-order chi connectivity index (χ1) is 14.5. The van der Waals surface area contributed by atoms with E-state index in [1.54, 1.807) is 7.05 Å².